The summed E-state index contributed by atoms with van der Waals surface area (Å²) < 4.78 is 23.5. The third kappa shape index (κ3) is 12.8. The molecule has 0 aliphatic carbocycles. The van der Waals surface area contributed by atoms with Crippen LogP contribution in [-0.4, -0.2) is 65.0 Å². The Morgan fingerprint density at radius 1 is 0.935 bits per heavy atom. The summed E-state index contributed by atoms with van der Waals surface area (Å²) in [5.74, 6) is -0.546. The first kappa shape index (κ1) is 37.1. The number of nitrogens with zero attached hydrogens (tertiary/aromatic N) is 1. The van der Waals surface area contributed by atoms with Crippen molar-refractivity contribution in [2.75, 3.05) is 32.5 Å². The van der Waals surface area contributed by atoms with Crippen molar-refractivity contribution in [3.05, 3.63) is 96.1 Å². The number of hydrogen-bond donors (Lipinski definition) is 5. The molecule has 0 spiro atoms. The van der Waals surface area contributed by atoms with Crippen LogP contribution in [-0.2, 0) is 18.6 Å². The van der Waals surface area contributed by atoms with Gasteiger partial charge in [0.05, 0.1) is 13.7 Å². The molecule has 6 N–H and O–H groups in total. The molecule has 11 nitrogen and oxygen atoms in total. The second-order valence-corrected chi connectivity index (χ2v) is 13.7. The monoisotopic (exact) mass is 672 g/mol. The van der Waals surface area contributed by atoms with E-state index in [1.807, 2.05) is 84.9 Å². The highest BCUT2D eigenvalue weighted by molar-refractivity contribution is 7.97. The fourth-order valence-corrected chi connectivity index (χ4v) is 6.57. The van der Waals surface area contributed by atoms with Gasteiger partial charge in [0.15, 0.2) is 0 Å². The number of unbranched alkanes of at least 4 members (excludes halogenated alkanes) is 1. The molecule has 0 saturated carbocycles. The van der Waals surface area contributed by atoms with Crippen LogP contribution in [0.2, 0.25) is 0 Å². The lowest BCUT2D eigenvalue weighted by Gasteiger charge is -2.32. The van der Waals surface area contributed by atoms with Crippen molar-refractivity contribution >= 4 is 37.5 Å². The second-order valence-electron chi connectivity index (χ2n) is 11.3. The van der Waals surface area contributed by atoms with Gasteiger partial charge in [0.25, 0.3) is 0 Å². The first-order valence-corrected chi connectivity index (χ1v) is 17.5. The van der Waals surface area contributed by atoms with Crippen molar-refractivity contribution in [3.63, 3.8) is 0 Å². The summed E-state index contributed by atoms with van der Waals surface area (Å²) in [7, 11) is -3.43. The fourth-order valence-electron chi connectivity index (χ4n) is 4.99. The Kier molecular flexibility index (Phi) is 15.1. The zero-order valence-corrected chi connectivity index (χ0v) is 28.2. The number of nitrogen functional groups attached to an aromatic ring is 1. The molecule has 0 radical (unpaired) electrons. The van der Waals surface area contributed by atoms with E-state index in [2.05, 4.69) is 28.8 Å². The number of phosphoric acid groups is 1. The van der Waals surface area contributed by atoms with E-state index >= 15 is 0 Å². The molecule has 0 unspecified atom stereocenters. The van der Waals surface area contributed by atoms with E-state index in [1.165, 1.54) is 19.1 Å². The van der Waals surface area contributed by atoms with Gasteiger partial charge in [-0.2, -0.15) is 0 Å². The number of ether oxygens (including phenoxy) is 1. The molecular weight excluding hydrogens is 627 g/mol. The number of nitrogens with one attached hydrogen (secondary N) is 2. The normalized spacial score (nSPS) is 13.0. The summed E-state index contributed by atoms with van der Waals surface area (Å²) in [5.41, 5.74) is 8.22. The van der Waals surface area contributed by atoms with E-state index in [-0.39, 0.29) is 24.5 Å². The maximum atomic E-state index is 13.6. The minimum atomic E-state index is -4.68. The number of rotatable bonds is 18. The Balaban J connectivity index is 1.70. The molecule has 0 bridgehead atoms. The number of benzene rings is 3. The highest BCUT2D eigenvalue weighted by Crippen LogP contribution is 2.38. The minimum absolute atomic E-state index is 0.160. The van der Waals surface area contributed by atoms with Crippen molar-refractivity contribution in [2.45, 2.75) is 56.0 Å². The third-order valence-electron chi connectivity index (χ3n) is 7.15. The van der Waals surface area contributed by atoms with Crippen molar-refractivity contribution in [2.24, 2.45) is 5.92 Å². The van der Waals surface area contributed by atoms with Crippen molar-refractivity contribution in [1.29, 1.82) is 0 Å². The Hall–Kier alpha value is -3.38. The number of amides is 2. The second kappa shape index (κ2) is 18.7. The number of carbonyl (C=O) groups is 2. The van der Waals surface area contributed by atoms with Gasteiger partial charge in [-0.15, -0.1) is 0 Å². The SMILES string of the molecule is COC(=O)N[C@H](C(=O)NCCCC[C@@H](COP(=O)(O)O)N(CC(C)C)Sc1ccc(N)cc1)C(c1ccccc1)c1ccccc1. The molecule has 0 aromatic heterocycles. The predicted octanol–water partition coefficient (Wildman–Crippen LogP) is 5.56. The highest BCUT2D eigenvalue weighted by atomic mass is 32.2. The lowest BCUT2D eigenvalue weighted by molar-refractivity contribution is -0.123. The number of alkyl carbamates (subject to hydrolysis) is 1. The van der Waals surface area contributed by atoms with Crippen LogP contribution in [0.5, 0.6) is 0 Å². The molecule has 3 aromatic rings. The Bertz CT molecular complexity index is 1350. The first-order valence-electron chi connectivity index (χ1n) is 15.2. The summed E-state index contributed by atoms with van der Waals surface area (Å²) in [6.45, 7) is 4.97. The largest absolute Gasteiger partial charge is 0.469 e. The maximum absolute atomic E-state index is 13.6. The Morgan fingerprint density at radius 3 is 2.04 bits per heavy atom. The van der Waals surface area contributed by atoms with Gasteiger partial charge >= 0.3 is 13.9 Å². The lowest BCUT2D eigenvalue weighted by atomic mass is 9.84. The van der Waals surface area contributed by atoms with Crippen molar-refractivity contribution in [3.8, 4) is 0 Å². The molecule has 2 atom stereocenters. The minimum Gasteiger partial charge on any atom is -0.453 e. The summed E-state index contributed by atoms with van der Waals surface area (Å²) in [6, 6.07) is 25.2. The van der Waals surface area contributed by atoms with Crippen LogP contribution >= 0.6 is 19.8 Å². The van der Waals surface area contributed by atoms with Crippen LogP contribution in [0.15, 0.2) is 89.8 Å². The molecule has 3 aromatic carbocycles. The quantitative estimate of drug-likeness (QED) is 0.0501. The lowest BCUT2D eigenvalue weighted by Crippen LogP contribution is -2.50. The molecule has 46 heavy (non-hydrogen) atoms. The smallest absolute Gasteiger partial charge is 0.453 e. The van der Waals surface area contributed by atoms with Gasteiger partial charge in [0.2, 0.25) is 5.91 Å². The van der Waals surface area contributed by atoms with Crippen LogP contribution in [0.1, 0.15) is 50.2 Å². The molecular formula is C33H45N4O7PS. The number of hydrogen-bond acceptors (Lipinski definition) is 8. The summed E-state index contributed by atoms with van der Waals surface area (Å²) in [4.78, 5) is 45.8. The summed E-state index contributed by atoms with van der Waals surface area (Å²) in [6.07, 6.45) is 1.08. The molecule has 0 aliphatic heterocycles. The number of nitrogens with two attached hydrogens (primary N) is 1. The van der Waals surface area contributed by atoms with Crippen LogP contribution in [0, 0.1) is 5.92 Å². The molecule has 0 heterocycles. The topological polar surface area (TPSA) is 163 Å². The molecule has 2 amide bonds. The molecule has 13 heteroatoms. The molecule has 3 rings (SSSR count). The van der Waals surface area contributed by atoms with Gasteiger partial charge in [-0.25, -0.2) is 13.7 Å². The van der Waals surface area contributed by atoms with Gasteiger partial charge in [-0.3, -0.25) is 9.32 Å². The number of methoxy groups -OCH3 is 1. The zero-order chi connectivity index (χ0) is 33.5. The average Bonchev–Trinajstić information content (AvgIpc) is 3.03. The van der Waals surface area contributed by atoms with Crippen LogP contribution < -0.4 is 16.4 Å². The standard InChI is InChI=1S/C33H45N4O7PS/c1-24(2)22-37(46-29-19-17-27(34)18-20-29)28(23-44-45(40,41)42)16-10-11-21-35-32(38)31(36-33(39)43-3)30(25-12-6-4-7-13-25)26-14-8-5-9-15-26/h4-9,12-15,17-20,24,28,30-31H,10-11,16,21-23,34H2,1-3H3,(H,35,38)(H,36,39)(H2,40,41,42)/t28-,31-/m0/s1. The zero-order valence-electron chi connectivity index (χ0n) is 26.5. The van der Waals surface area contributed by atoms with Gasteiger partial charge in [-0.05, 0) is 66.1 Å². The first-order chi connectivity index (χ1) is 22.0. The highest BCUT2D eigenvalue weighted by Gasteiger charge is 2.33. The molecule has 0 saturated heterocycles. The maximum Gasteiger partial charge on any atom is 0.469 e. The van der Waals surface area contributed by atoms with E-state index in [0.29, 0.717) is 38.0 Å². The van der Waals surface area contributed by atoms with Crippen LogP contribution in [0.25, 0.3) is 0 Å². The summed E-state index contributed by atoms with van der Waals surface area (Å²) >= 11 is 1.49. The Labute approximate surface area is 275 Å². The van der Waals surface area contributed by atoms with Crippen molar-refractivity contribution < 1.29 is 33.2 Å². The molecule has 0 aliphatic rings. The average molecular weight is 673 g/mol. The van der Waals surface area contributed by atoms with E-state index in [4.69, 9.17) is 15.0 Å². The van der Waals surface area contributed by atoms with E-state index in [1.54, 1.807) is 0 Å². The van der Waals surface area contributed by atoms with Crippen LogP contribution in [0.4, 0.5) is 10.5 Å². The predicted molar refractivity (Wildman–Crippen MR) is 181 cm³/mol. The van der Waals surface area contributed by atoms with E-state index < -0.39 is 25.9 Å². The van der Waals surface area contributed by atoms with Crippen LogP contribution in [0.3, 0.4) is 0 Å². The van der Waals surface area contributed by atoms with Gasteiger partial charge in [0.1, 0.15) is 6.04 Å². The van der Waals surface area contributed by atoms with Gasteiger partial charge in [-0.1, -0.05) is 80.9 Å². The van der Waals surface area contributed by atoms with Gasteiger partial charge < -0.3 is 30.9 Å². The molecule has 250 valence electrons. The molecule has 0 fully saturated rings. The van der Waals surface area contributed by atoms with E-state index in [0.717, 1.165) is 16.0 Å². The number of phosphoric ester groups is 1. The Morgan fingerprint density at radius 2 is 1.52 bits per heavy atom. The fraction of sp³-hybridized carbons (Fsp3) is 0.394. The van der Waals surface area contributed by atoms with Crippen molar-refractivity contribution in [1.82, 2.24) is 14.9 Å². The summed E-state index contributed by atoms with van der Waals surface area (Å²) in [5, 5.41) is 5.71. The van der Waals surface area contributed by atoms with E-state index in [9.17, 15) is 23.9 Å². The van der Waals surface area contributed by atoms with Gasteiger partial charge in [0, 0.05) is 35.6 Å². The number of carbonyl (C=O) groups excluding carboxylic acids is 2. The third-order valence-corrected chi connectivity index (χ3v) is 8.80. The number of anilines is 1.